The molecule has 0 fully saturated rings. The molecule has 5 heteroatoms. The topological polar surface area (TPSA) is 59.3 Å². The number of halogens is 1. The number of hydrogen-bond acceptors (Lipinski definition) is 3. The fourth-order valence-corrected chi connectivity index (χ4v) is 1.04. The summed E-state index contributed by atoms with van der Waals surface area (Å²) >= 11 is 5.34. The minimum atomic E-state index is -0.263. The minimum absolute atomic E-state index is 0.104. The molecule has 0 aliphatic carbocycles. The number of alkyl halides is 1. The lowest BCUT2D eigenvalue weighted by atomic mass is 10.2. The number of carbonyl (C=O) groups excluding carboxylic acids is 2. The van der Waals surface area contributed by atoms with Gasteiger partial charge in [-0.15, -0.1) is 11.6 Å². The van der Waals surface area contributed by atoms with Crippen LogP contribution in [-0.4, -0.2) is 17.6 Å². The number of hydrogen-bond donors (Lipinski definition) is 1. The smallest absolute Gasteiger partial charge is 0.217 e. The van der Waals surface area contributed by atoms with Gasteiger partial charge < -0.3 is 9.73 Å². The Morgan fingerprint density at radius 3 is 2.86 bits per heavy atom. The molecule has 14 heavy (non-hydrogen) atoms. The number of furan rings is 1. The third kappa shape index (κ3) is 2.88. The van der Waals surface area contributed by atoms with Crippen LogP contribution >= 0.6 is 11.6 Å². The van der Waals surface area contributed by atoms with Gasteiger partial charge in [0.1, 0.15) is 0 Å². The van der Waals surface area contributed by atoms with E-state index in [1.807, 2.05) is 0 Å². The van der Waals surface area contributed by atoms with Crippen molar-refractivity contribution in [2.24, 2.45) is 0 Å². The summed E-state index contributed by atoms with van der Waals surface area (Å²) in [5.41, 5.74) is 0.744. The van der Waals surface area contributed by atoms with Gasteiger partial charge in [0.15, 0.2) is 5.76 Å². The van der Waals surface area contributed by atoms with Crippen LogP contribution in [0.25, 0.3) is 0 Å². The Labute approximate surface area is 86.2 Å². The molecule has 0 saturated carbocycles. The van der Waals surface area contributed by atoms with Gasteiger partial charge in [-0.25, -0.2) is 0 Å². The molecule has 0 saturated heterocycles. The number of rotatable bonds is 4. The molecule has 0 spiro atoms. The first-order valence-corrected chi connectivity index (χ1v) is 4.58. The molecule has 1 aromatic heterocycles. The molecule has 0 radical (unpaired) electrons. The molecule has 1 rings (SSSR count). The van der Waals surface area contributed by atoms with Crippen LogP contribution in [0.5, 0.6) is 0 Å². The van der Waals surface area contributed by atoms with E-state index in [1.165, 1.54) is 13.2 Å². The maximum atomic E-state index is 11.1. The Morgan fingerprint density at radius 2 is 2.29 bits per heavy atom. The highest BCUT2D eigenvalue weighted by atomic mass is 35.5. The van der Waals surface area contributed by atoms with Crippen LogP contribution < -0.4 is 5.32 Å². The minimum Gasteiger partial charge on any atom is -0.461 e. The largest absolute Gasteiger partial charge is 0.461 e. The molecular weight excluding hydrogens is 206 g/mol. The lowest BCUT2D eigenvalue weighted by Gasteiger charge is -1.95. The Hall–Kier alpha value is -1.29. The van der Waals surface area contributed by atoms with Crippen molar-refractivity contribution in [1.82, 2.24) is 5.32 Å². The second-order valence-electron chi connectivity index (χ2n) is 2.79. The fraction of sp³-hybridized carbons (Fsp3) is 0.333. The predicted octanol–water partition coefficient (Wildman–Crippen LogP) is 1.34. The first-order chi connectivity index (χ1) is 6.63. The molecule has 1 amide bonds. The molecule has 1 heterocycles. The van der Waals surface area contributed by atoms with E-state index in [-0.39, 0.29) is 23.3 Å². The van der Waals surface area contributed by atoms with Crippen LogP contribution in [0.4, 0.5) is 0 Å². The van der Waals surface area contributed by atoms with Crippen molar-refractivity contribution < 1.29 is 14.0 Å². The van der Waals surface area contributed by atoms with Gasteiger partial charge in [-0.2, -0.15) is 0 Å². The molecule has 4 nitrogen and oxygen atoms in total. The Morgan fingerprint density at radius 1 is 1.57 bits per heavy atom. The zero-order valence-corrected chi connectivity index (χ0v) is 8.43. The number of nitrogens with one attached hydrogen (secondary N) is 1. The van der Waals surface area contributed by atoms with Gasteiger partial charge in [-0.1, -0.05) is 0 Å². The summed E-state index contributed by atoms with van der Waals surface area (Å²) in [6, 6.07) is 1.57. The Kier molecular flexibility index (Phi) is 3.71. The third-order valence-corrected chi connectivity index (χ3v) is 1.83. The summed E-state index contributed by atoms with van der Waals surface area (Å²) in [5.74, 6) is -0.273. The van der Waals surface area contributed by atoms with Gasteiger partial charge in [-0.3, -0.25) is 9.59 Å². The van der Waals surface area contributed by atoms with E-state index < -0.39 is 0 Å². The number of carbonyl (C=O) groups is 2. The van der Waals surface area contributed by atoms with Gasteiger partial charge >= 0.3 is 0 Å². The molecule has 0 aliphatic rings. The molecule has 0 atom stereocenters. The van der Waals surface area contributed by atoms with Crippen molar-refractivity contribution in [2.45, 2.75) is 13.5 Å². The highest BCUT2D eigenvalue weighted by molar-refractivity contribution is 6.30. The third-order valence-electron chi connectivity index (χ3n) is 1.59. The Balaban J connectivity index is 2.59. The lowest BCUT2D eigenvalue weighted by molar-refractivity contribution is -0.119. The zero-order chi connectivity index (χ0) is 10.6. The Bertz CT molecular complexity index is 346. The lowest BCUT2D eigenvalue weighted by Crippen LogP contribution is -2.18. The van der Waals surface area contributed by atoms with Gasteiger partial charge in [0.25, 0.3) is 0 Å². The van der Waals surface area contributed by atoms with Crippen LogP contribution in [0.2, 0.25) is 0 Å². The normalized spacial score (nSPS) is 9.86. The molecule has 1 aromatic rings. The highest BCUT2D eigenvalue weighted by Crippen LogP contribution is 2.08. The van der Waals surface area contributed by atoms with Gasteiger partial charge in [-0.05, 0) is 6.07 Å². The van der Waals surface area contributed by atoms with E-state index >= 15 is 0 Å². The molecule has 1 N–H and O–H groups in total. The summed E-state index contributed by atoms with van der Waals surface area (Å²) in [6.45, 7) is 1.78. The molecule has 0 bridgehead atoms. The summed E-state index contributed by atoms with van der Waals surface area (Å²) < 4.78 is 4.96. The van der Waals surface area contributed by atoms with Crippen molar-refractivity contribution >= 4 is 23.3 Å². The predicted molar refractivity (Wildman–Crippen MR) is 51.3 cm³/mol. The van der Waals surface area contributed by atoms with Crippen molar-refractivity contribution in [3.05, 3.63) is 23.7 Å². The fourth-order valence-electron chi connectivity index (χ4n) is 0.907. The average molecular weight is 216 g/mol. The average Bonchev–Trinajstić information content (AvgIpc) is 2.62. The molecule has 0 aliphatic heterocycles. The van der Waals surface area contributed by atoms with E-state index in [0.29, 0.717) is 6.54 Å². The van der Waals surface area contributed by atoms with Crippen LogP contribution in [-0.2, 0) is 11.3 Å². The van der Waals surface area contributed by atoms with Crippen LogP contribution in [0.15, 0.2) is 16.7 Å². The van der Waals surface area contributed by atoms with Crippen LogP contribution in [0.3, 0.4) is 0 Å². The van der Waals surface area contributed by atoms with Crippen molar-refractivity contribution in [3.8, 4) is 0 Å². The first kappa shape index (κ1) is 10.8. The SMILES string of the molecule is CC(=O)NCc1coc(C(=O)CCl)c1. The van der Waals surface area contributed by atoms with Crippen LogP contribution in [0, 0.1) is 0 Å². The van der Waals surface area contributed by atoms with Crippen LogP contribution in [0.1, 0.15) is 23.0 Å². The summed E-state index contributed by atoms with van der Waals surface area (Å²) in [4.78, 5) is 21.6. The van der Waals surface area contributed by atoms with E-state index in [2.05, 4.69) is 5.32 Å². The number of amides is 1. The molecule has 0 unspecified atom stereocenters. The van der Waals surface area contributed by atoms with E-state index in [4.69, 9.17) is 16.0 Å². The highest BCUT2D eigenvalue weighted by Gasteiger charge is 2.09. The van der Waals surface area contributed by atoms with Crippen molar-refractivity contribution in [1.29, 1.82) is 0 Å². The molecule has 0 aromatic carbocycles. The first-order valence-electron chi connectivity index (χ1n) is 4.04. The van der Waals surface area contributed by atoms with E-state index in [1.54, 1.807) is 6.07 Å². The van der Waals surface area contributed by atoms with Crippen molar-refractivity contribution in [3.63, 3.8) is 0 Å². The summed E-state index contributed by atoms with van der Waals surface area (Å²) in [5, 5.41) is 2.59. The van der Waals surface area contributed by atoms with Gasteiger partial charge in [0, 0.05) is 19.0 Å². The summed E-state index contributed by atoms with van der Waals surface area (Å²) in [6.07, 6.45) is 1.43. The summed E-state index contributed by atoms with van der Waals surface area (Å²) in [7, 11) is 0. The van der Waals surface area contributed by atoms with E-state index in [0.717, 1.165) is 5.56 Å². The molecular formula is C9H10ClNO3. The van der Waals surface area contributed by atoms with Gasteiger partial charge in [0.05, 0.1) is 12.1 Å². The van der Waals surface area contributed by atoms with Crippen molar-refractivity contribution in [2.75, 3.05) is 5.88 Å². The zero-order valence-electron chi connectivity index (χ0n) is 7.67. The second kappa shape index (κ2) is 4.81. The number of Topliss-reactive ketones (excluding diaryl/α,β-unsaturated/α-hetero) is 1. The molecule has 76 valence electrons. The number of ketones is 1. The monoisotopic (exact) mass is 215 g/mol. The standard InChI is InChI=1S/C9H10ClNO3/c1-6(12)11-4-7-2-9(14-5-7)8(13)3-10/h2,5H,3-4H2,1H3,(H,11,12). The maximum absolute atomic E-state index is 11.1. The quantitative estimate of drug-likeness (QED) is 0.609. The van der Waals surface area contributed by atoms with E-state index in [9.17, 15) is 9.59 Å². The second-order valence-corrected chi connectivity index (χ2v) is 3.05. The maximum Gasteiger partial charge on any atom is 0.217 e. The van der Waals surface area contributed by atoms with Gasteiger partial charge in [0.2, 0.25) is 11.7 Å².